The summed E-state index contributed by atoms with van der Waals surface area (Å²) in [6.07, 6.45) is 7.34. The molecule has 0 bridgehead atoms. The van der Waals surface area contributed by atoms with Gasteiger partial charge in [0, 0.05) is 13.2 Å². The van der Waals surface area contributed by atoms with Crippen molar-refractivity contribution in [2.75, 3.05) is 39.5 Å². The number of rotatable bonds is 11. The lowest BCUT2D eigenvalue weighted by atomic mass is 10.4. The third kappa shape index (κ3) is 10.0. The Hall–Kier alpha value is -0.470. The number of amides is 1. The first-order valence-corrected chi connectivity index (χ1v) is 7.16. The van der Waals surface area contributed by atoms with Crippen LogP contribution in [0.15, 0.2) is 0 Å². The molecule has 0 aliphatic heterocycles. The molecule has 0 spiro atoms. The zero-order valence-corrected chi connectivity index (χ0v) is 12.8. The van der Waals surface area contributed by atoms with E-state index in [0.29, 0.717) is 26.4 Å². The van der Waals surface area contributed by atoms with Gasteiger partial charge >= 0.3 is 0 Å². The van der Waals surface area contributed by atoms with E-state index < -0.39 is 10.7 Å². The number of terminal acetylenes is 1. The van der Waals surface area contributed by atoms with Crippen molar-refractivity contribution < 1.29 is 14.3 Å². The molecule has 0 rings (SSSR count). The fourth-order valence-corrected chi connectivity index (χ4v) is 1.53. The van der Waals surface area contributed by atoms with Crippen molar-refractivity contribution in [1.29, 1.82) is 0 Å². The number of hydrogen-bond donors (Lipinski definition) is 0. The maximum Gasteiger partial charge on any atom is 0.256 e. The number of nitrogens with zero attached hydrogens (tertiary/aromatic N) is 1. The second-order valence-corrected chi connectivity index (χ2v) is 4.94. The Morgan fingerprint density at radius 1 is 1.26 bits per heavy atom. The molecule has 0 fully saturated rings. The highest BCUT2D eigenvalue weighted by Crippen LogP contribution is 2.06. The molecule has 0 heterocycles. The fourth-order valence-electron chi connectivity index (χ4n) is 1.26. The van der Waals surface area contributed by atoms with Crippen molar-refractivity contribution in [3.63, 3.8) is 0 Å². The highest BCUT2D eigenvalue weighted by atomic mass is 35.5. The van der Waals surface area contributed by atoms with E-state index in [0.717, 1.165) is 19.4 Å². The standard InChI is InChI=1S/C13H21Cl2NO3/c1-3-5-8-18-10-11-19-9-7-16(6-4-2)13(17)12(14)15/h2,12H,3,5-11H2,1H3. The van der Waals surface area contributed by atoms with Gasteiger partial charge in [0.15, 0.2) is 4.84 Å². The lowest BCUT2D eigenvalue weighted by molar-refractivity contribution is -0.129. The molecule has 0 aromatic rings. The molecule has 0 aliphatic carbocycles. The Balaban J connectivity index is 3.65. The fraction of sp³-hybridized carbons (Fsp3) is 0.769. The molecule has 0 unspecified atom stereocenters. The smallest absolute Gasteiger partial charge is 0.256 e. The van der Waals surface area contributed by atoms with Gasteiger partial charge in [0.2, 0.25) is 0 Å². The Bertz CT molecular complexity index is 280. The van der Waals surface area contributed by atoms with Crippen LogP contribution in [-0.2, 0) is 14.3 Å². The van der Waals surface area contributed by atoms with E-state index in [2.05, 4.69) is 12.8 Å². The molecule has 110 valence electrons. The summed E-state index contributed by atoms with van der Waals surface area (Å²) in [5.41, 5.74) is 0. The Morgan fingerprint density at radius 3 is 2.42 bits per heavy atom. The lowest BCUT2D eigenvalue weighted by Crippen LogP contribution is -2.37. The first kappa shape index (κ1) is 18.5. The summed E-state index contributed by atoms with van der Waals surface area (Å²) < 4.78 is 10.7. The SMILES string of the molecule is C#CCN(CCOCCOCCCC)C(=O)C(Cl)Cl. The van der Waals surface area contributed by atoms with Crippen LogP contribution in [0.3, 0.4) is 0 Å². The summed E-state index contributed by atoms with van der Waals surface area (Å²) in [7, 11) is 0. The predicted octanol–water partition coefficient (Wildman–Crippen LogP) is 2.09. The normalized spacial score (nSPS) is 10.5. The second kappa shape index (κ2) is 12.6. The predicted molar refractivity (Wildman–Crippen MR) is 77.5 cm³/mol. The average molecular weight is 310 g/mol. The van der Waals surface area contributed by atoms with Crippen LogP contribution in [0, 0.1) is 12.3 Å². The molecule has 0 aromatic heterocycles. The zero-order valence-electron chi connectivity index (χ0n) is 11.2. The van der Waals surface area contributed by atoms with E-state index in [9.17, 15) is 4.79 Å². The maximum absolute atomic E-state index is 11.6. The van der Waals surface area contributed by atoms with E-state index in [1.807, 2.05) is 0 Å². The molecule has 0 saturated carbocycles. The summed E-state index contributed by atoms with van der Waals surface area (Å²) in [5.74, 6) is 1.99. The van der Waals surface area contributed by atoms with E-state index in [4.69, 9.17) is 39.1 Å². The van der Waals surface area contributed by atoms with E-state index >= 15 is 0 Å². The molecule has 0 atom stereocenters. The highest BCUT2D eigenvalue weighted by Gasteiger charge is 2.18. The number of alkyl halides is 2. The third-order valence-electron chi connectivity index (χ3n) is 2.30. The van der Waals surface area contributed by atoms with Crippen LogP contribution in [-0.4, -0.2) is 55.2 Å². The molecule has 1 amide bonds. The van der Waals surface area contributed by atoms with Crippen LogP contribution < -0.4 is 0 Å². The molecule has 0 aromatic carbocycles. The summed E-state index contributed by atoms with van der Waals surface area (Å²) in [4.78, 5) is 11.9. The molecule has 0 N–H and O–H groups in total. The zero-order chi connectivity index (χ0) is 14.5. The van der Waals surface area contributed by atoms with E-state index in [1.54, 1.807) is 0 Å². The van der Waals surface area contributed by atoms with Crippen LogP contribution in [0.5, 0.6) is 0 Å². The maximum atomic E-state index is 11.6. The first-order valence-electron chi connectivity index (χ1n) is 6.29. The van der Waals surface area contributed by atoms with Gasteiger partial charge in [0.1, 0.15) is 0 Å². The van der Waals surface area contributed by atoms with Crippen molar-refractivity contribution >= 4 is 29.1 Å². The Morgan fingerprint density at radius 2 is 1.89 bits per heavy atom. The second-order valence-electron chi connectivity index (χ2n) is 3.84. The number of carbonyl (C=O) groups is 1. The minimum atomic E-state index is -1.09. The summed E-state index contributed by atoms with van der Waals surface area (Å²) in [6.45, 7) is 4.83. The van der Waals surface area contributed by atoms with Crippen LogP contribution in [0.1, 0.15) is 19.8 Å². The molecule has 6 heteroatoms. The van der Waals surface area contributed by atoms with Gasteiger partial charge in [0.05, 0.1) is 26.4 Å². The number of unbranched alkanes of at least 4 members (excludes halogenated alkanes) is 1. The topological polar surface area (TPSA) is 38.8 Å². The molecule has 19 heavy (non-hydrogen) atoms. The number of carbonyl (C=O) groups excluding carboxylic acids is 1. The van der Waals surface area contributed by atoms with Gasteiger partial charge < -0.3 is 14.4 Å². The van der Waals surface area contributed by atoms with Gasteiger partial charge in [-0.05, 0) is 6.42 Å². The van der Waals surface area contributed by atoms with Gasteiger partial charge in [-0.3, -0.25) is 4.79 Å². The quantitative estimate of drug-likeness (QED) is 0.333. The summed E-state index contributed by atoms with van der Waals surface area (Å²) >= 11 is 11.0. The summed E-state index contributed by atoms with van der Waals surface area (Å²) in [6, 6.07) is 0. The number of halogens is 2. The number of ether oxygens (including phenoxy) is 2. The van der Waals surface area contributed by atoms with Crippen molar-refractivity contribution in [3.8, 4) is 12.3 Å². The molecular formula is C13H21Cl2NO3. The minimum absolute atomic E-state index is 0.172. The Kier molecular flexibility index (Phi) is 12.2. The van der Waals surface area contributed by atoms with Crippen molar-refractivity contribution in [3.05, 3.63) is 0 Å². The Labute approximate surface area is 125 Å². The molecule has 0 saturated heterocycles. The first-order chi connectivity index (χ1) is 9.13. The number of hydrogen-bond acceptors (Lipinski definition) is 3. The monoisotopic (exact) mass is 309 g/mol. The third-order valence-corrected chi connectivity index (χ3v) is 2.67. The molecule has 0 aliphatic rings. The molecule has 0 radical (unpaired) electrons. The van der Waals surface area contributed by atoms with Gasteiger partial charge in [-0.1, -0.05) is 42.5 Å². The minimum Gasteiger partial charge on any atom is -0.379 e. The van der Waals surface area contributed by atoms with E-state index in [1.165, 1.54) is 4.90 Å². The van der Waals surface area contributed by atoms with Crippen LogP contribution >= 0.6 is 23.2 Å². The van der Waals surface area contributed by atoms with Gasteiger partial charge in [-0.25, -0.2) is 0 Å². The van der Waals surface area contributed by atoms with Crippen molar-refractivity contribution in [2.45, 2.75) is 24.6 Å². The molecule has 4 nitrogen and oxygen atoms in total. The largest absolute Gasteiger partial charge is 0.379 e. The van der Waals surface area contributed by atoms with Gasteiger partial charge in [-0.15, -0.1) is 6.42 Å². The van der Waals surface area contributed by atoms with Crippen LogP contribution in [0.2, 0.25) is 0 Å². The van der Waals surface area contributed by atoms with Crippen LogP contribution in [0.4, 0.5) is 0 Å². The van der Waals surface area contributed by atoms with Crippen LogP contribution in [0.25, 0.3) is 0 Å². The van der Waals surface area contributed by atoms with Gasteiger partial charge in [-0.2, -0.15) is 0 Å². The summed E-state index contributed by atoms with van der Waals surface area (Å²) in [5, 5.41) is 0. The van der Waals surface area contributed by atoms with Crippen molar-refractivity contribution in [1.82, 2.24) is 4.90 Å². The average Bonchev–Trinajstić information content (AvgIpc) is 2.39. The highest BCUT2D eigenvalue weighted by molar-refractivity contribution is 6.53. The van der Waals surface area contributed by atoms with Crippen molar-refractivity contribution in [2.24, 2.45) is 0 Å². The lowest BCUT2D eigenvalue weighted by Gasteiger charge is -2.20. The van der Waals surface area contributed by atoms with Gasteiger partial charge in [0.25, 0.3) is 5.91 Å². The van der Waals surface area contributed by atoms with E-state index in [-0.39, 0.29) is 6.54 Å². The molecular weight excluding hydrogens is 289 g/mol.